The Balaban J connectivity index is 2.69. The molecule has 0 atom stereocenters. The molecule has 0 aliphatic heterocycles. The second kappa shape index (κ2) is 5.87. The Morgan fingerprint density at radius 3 is 2.56 bits per heavy atom. The Bertz CT molecular complexity index is 422. The molecule has 0 aliphatic carbocycles. The molecule has 0 saturated carbocycles. The molecule has 4 heteroatoms. The third kappa shape index (κ3) is 4.75. The number of hydrogen-bond acceptors (Lipinski definition) is 3. The zero-order valence-corrected chi connectivity index (χ0v) is 11.4. The lowest BCUT2D eigenvalue weighted by molar-refractivity contribution is 0.0636. The third-order valence-electron chi connectivity index (χ3n) is 2.37. The summed E-state index contributed by atoms with van der Waals surface area (Å²) in [6.07, 6.45) is 0.162. The van der Waals surface area contributed by atoms with E-state index in [-0.39, 0.29) is 6.61 Å². The van der Waals surface area contributed by atoms with Crippen LogP contribution in [0.3, 0.4) is 0 Å². The van der Waals surface area contributed by atoms with Crippen molar-refractivity contribution in [2.24, 2.45) is 0 Å². The maximum absolute atomic E-state index is 11.6. The number of carbonyl (C=O) groups is 1. The Morgan fingerprint density at radius 1 is 1.39 bits per heavy atom. The van der Waals surface area contributed by atoms with Crippen molar-refractivity contribution in [3.63, 3.8) is 0 Å². The molecular weight excluding hydrogens is 230 g/mol. The summed E-state index contributed by atoms with van der Waals surface area (Å²) >= 11 is 0. The smallest absolute Gasteiger partial charge is 0.412 e. The number of amides is 1. The monoisotopic (exact) mass is 251 g/mol. The van der Waals surface area contributed by atoms with Gasteiger partial charge in [-0.3, -0.25) is 5.32 Å². The Kier molecular flexibility index (Phi) is 4.73. The van der Waals surface area contributed by atoms with Crippen LogP contribution in [0.2, 0.25) is 0 Å². The lowest BCUT2D eigenvalue weighted by Crippen LogP contribution is -2.27. The van der Waals surface area contributed by atoms with Crippen molar-refractivity contribution < 1.29 is 14.6 Å². The van der Waals surface area contributed by atoms with Crippen LogP contribution in [0.1, 0.15) is 31.9 Å². The topological polar surface area (TPSA) is 58.6 Å². The molecule has 0 radical (unpaired) electrons. The highest BCUT2D eigenvalue weighted by molar-refractivity contribution is 5.85. The third-order valence-corrected chi connectivity index (χ3v) is 2.37. The SMILES string of the molecule is Cc1cc(NC(=O)OC(C)(C)C)ccc1CCO. The van der Waals surface area contributed by atoms with Gasteiger partial charge in [-0.15, -0.1) is 0 Å². The van der Waals surface area contributed by atoms with Gasteiger partial charge in [0.15, 0.2) is 0 Å². The minimum Gasteiger partial charge on any atom is -0.444 e. The number of hydrogen-bond donors (Lipinski definition) is 2. The number of ether oxygens (including phenoxy) is 1. The average molecular weight is 251 g/mol. The summed E-state index contributed by atoms with van der Waals surface area (Å²) in [5, 5.41) is 11.6. The number of aliphatic hydroxyl groups is 1. The second-order valence-corrected chi connectivity index (χ2v) is 5.24. The highest BCUT2D eigenvalue weighted by Gasteiger charge is 2.16. The number of aliphatic hydroxyl groups excluding tert-OH is 1. The van der Waals surface area contributed by atoms with E-state index in [0.29, 0.717) is 12.1 Å². The van der Waals surface area contributed by atoms with Crippen molar-refractivity contribution in [3.05, 3.63) is 29.3 Å². The molecule has 0 aromatic heterocycles. The van der Waals surface area contributed by atoms with Crippen molar-refractivity contribution in [3.8, 4) is 0 Å². The zero-order valence-electron chi connectivity index (χ0n) is 11.4. The molecular formula is C14H21NO3. The molecule has 4 nitrogen and oxygen atoms in total. The lowest BCUT2D eigenvalue weighted by atomic mass is 10.1. The molecule has 1 amide bonds. The zero-order chi connectivity index (χ0) is 13.8. The van der Waals surface area contributed by atoms with Gasteiger partial charge in [-0.1, -0.05) is 6.07 Å². The summed E-state index contributed by atoms with van der Waals surface area (Å²) in [6, 6.07) is 5.58. The van der Waals surface area contributed by atoms with Crippen molar-refractivity contribution >= 4 is 11.8 Å². The predicted molar refractivity (Wildman–Crippen MR) is 71.8 cm³/mol. The normalized spacial score (nSPS) is 11.2. The van der Waals surface area contributed by atoms with E-state index in [4.69, 9.17) is 9.84 Å². The molecule has 0 spiro atoms. The van der Waals surface area contributed by atoms with Crippen LogP contribution in [0.25, 0.3) is 0 Å². The largest absolute Gasteiger partial charge is 0.444 e. The van der Waals surface area contributed by atoms with Crippen LogP contribution < -0.4 is 5.32 Å². The van der Waals surface area contributed by atoms with E-state index >= 15 is 0 Å². The first-order valence-electron chi connectivity index (χ1n) is 6.02. The molecule has 18 heavy (non-hydrogen) atoms. The summed E-state index contributed by atoms with van der Waals surface area (Å²) in [6.45, 7) is 7.54. The second-order valence-electron chi connectivity index (χ2n) is 5.24. The van der Waals surface area contributed by atoms with Gasteiger partial charge in [-0.25, -0.2) is 4.79 Å². The number of aryl methyl sites for hydroxylation is 1. The number of rotatable bonds is 3. The highest BCUT2D eigenvalue weighted by Crippen LogP contribution is 2.17. The van der Waals surface area contributed by atoms with Crippen LogP contribution in [0.4, 0.5) is 10.5 Å². The van der Waals surface area contributed by atoms with Crippen LogP contribution >= 0.6 is 0 Å². The molecule has 0 fully saturated rings. The van der Waals surface area contributed by atoms with Gasteiger partial charge >= 0.3 is 6.09 Å². The highest BCUT2D eigenvalue weighted by atomic mass is 16.6. The van der Waals surface area contributed by atoms with Gasteiger partial charge in [0.05, 0.1) is 0 Å². The standard InChI is InChI=1S/C14H21NO3/c1-10-9-12(6-5-11(10)7-8-16)15-13(17)18-14(2,3)4/h5-6,9,16H,7-8H2,1-4H3,(H,15,17). The summed E-state index contributed by atoms with van der Waals surface area (Å²) in [7, 11) is 0. The fourth-order valence-electron chi connectivity index (χ4n) is 1.60. The van der Waals surface area contributed by atoms with E-state index < -0.39 is 11.7 Å². The van der Waals surface area contributed by atoms with Crippen molar-refractivity contribution in [1.82, 2.24) is 0 Å². The van der Waals surface area contributed by atoms with Crippen molar-refractivity contribution in [2.75, 3.05) is 11.9 Å². The van der Waals surface area contributed by atoms with Crippen LogP contribution in [0, 0.1) is 6.92 Å². The number of carbonyl (C=O) groups excluding carboxylic acids is 1. The lowest BCUT2D eigenvalue weighted by Gasteiger charge is -2.20. The Morgan fingerprint density at radius 2 is 2.06 bits per heavy atom. The van der Waals surface area contributed by atoms with Gasteiger partial charge in [0.25, 0.3) is 0 Å². The molecule has 1 rings (SSSR count). The molecule has 0 saturated heterocycles. The van der Waals surface area contributed by atoms with Crippen molar-refractivity contribution in [2.45, 2.75) is 39.7 Å². The molecule has 0 aliphatic rings. The van der Waals surface area contributed by atoms with Gasteiger partial charge in [-0.2, -0.15) is 0 Å². The van der Waals surface area contributed by atoms with Crippen LogP contribution in [0.5, 0.6) is 0 Å². The summed E-state index contributed by atoms with van der Waals surface area (Å²) in [5.74, 6) is 0. The van der Waals surface area contributed by atoms with E-state index in [1.54, 1.807) is 0 Å². The summed E-state index contributed by atoms with van der Waals surface area (Å²) in [5.41, 5.74) is 2.31. The quantitative estimate of drug-likeness (QED) is 0.868. The van der Waals surface area contributed by atoms with Gasteiger partial charge < -0.3 is 9.84 Å². The Hall–Kier alpha value is -1.55. The van der Waals surface area contributed by atoms with Crippen LogP contribution in [0.15, 0.2) is 18.2 Å². The van der Waals surface area contributed by atoms with Gasteiger partial charge in [0.2, 0.25) is 0 Å². The van der Waals surface area contributed by atoms with E-state index in [9.17, 15) is 4.79 Å². The minimum absolute atomic E-state index is 0.125. The number of anilines is 1. The molecule has 2 N–H and O–H groups in total. The van der Waals surface area contributed by atoms with Crippen molar-refractivity contribution in [1.29, 1.82) is 0 Å². The molecule has 1 aromatic carbocycles. The van der Waals surface area contributed by atoms with E-state index in [1.807, 2.05) is 45.9 Å². The van der Waals surface area contributed by atoms with E-state index in [2.05, 4.69) is 5.32 Å². The first-order chi connectivity index (χ1) is 8.31. The number of benzene rings is 1. The first-order valence-corrected chi connectivity index (χ1v) is 6.02. The Labute approximate surface area is 108 Å². The molecule has 0 unspecified atom stereocenters. The number of nitrogens with one attached hydrogen (secondary N) is 1. The average Bonchev–Trinajstić information content (AvgIpc) is 2.19. The van der Waals surface area contributed by atoms with Crippen LogP contribution in [-0.4, -0.2) is 23.4 Å². The first kappa shape index (κ1) is 14.5. The maximum Gasteiger partial charge on any atom is 0.412 e. The molecule has 0 bridgehead atoms. The van der Waals surface area contributed by atoms with Gasteiger partial charge in [0.1, 0.15) is 5.60 Å². The van der Waals surface area contributed by atoms with E-state index in [0.717, 1.165) is 11.1 Å². The van der Waals surface area contributed by atoms with Gasteiger partial charge in [-0.05, 0) is 57.4 Å². The van der Waals surface area contributed by atoms with E-state index in [1.165, 1.54) is 0 Å². The fraction of sp³-hybridized carbons (Fsp3) is 0.500. The minimum atomic E-state index is -0.504. The summed E-state index contributed by atoms with van der Waals surface area (Å²) in [4.78, 5) is 11.6. The maximum atomic E-state index is 11.6. The predicted octanol–water partition coefficient (Wildman–Crippen LogP) is 2.88. The molecule has 100 valence electrons. The fourth-order valence-corrected chi connectivity index (χ4v) is 1.60. The van der Waals surface area contributed by atoms with Gasteiger partial charge in [0, 0.05) is 12.3 Å². The molecule has 1 aromatic rings. The van der Waals surface area contributed by atoms with Crippen LogP contribution in [-0.2, 0) is 11.2 Å². The molecule has 0 heterocycles. The summed E-state index contributed by atoms with van der Waals surface area (Å²) < 4.78 is 5.17.